The van der Waals surface area contributed by atoms with Gasteiger partial charge in [-0.05, 0) is 77.6 Å². The molecule has 0 saturated carbocycles. The maximum Gasteiger partial charge on any atom is 0.0696 e. The molecular formula is C46H36N2. The van der Waals surface area contributed by atoms with Crippen LogP contribution in [0, 0.1) is 0 Å². The van der Waals surface area contributed by atoms with Crippen LogP contribution < -0.4 is 0 Å². The summed E-state index contributed by atoms with van der Waals surface area (Å²) in [7, 11) is 0. The standard InChI is InChI=1S/C46H36N2/c1-46(2)43-41(47-45(46)34-16-7-4-8-17-34)28-27-39-38-19-11-12-20-42(38)48(44(39)43)37-25-23-33(24-26-37)40(29-31-13-5-3-6-14-31)36-22-21-32-15-9-10-18-35(32)30-36/h3-28,30,40H,29H2,1-2H3/t40-/m1/s1. The Labute approximate surface area is 281 Å². The first kappa shape index (κ1) is 28.5. The summed E-state index contributed by atoms with van der Waals surface area (Å²) in [5.41, 5.74) is 12.0. The van der Waals surface area contributed by atoms with Gasteiger partial charge in [0.1, 0.15) is 0 Å². The molecule has 2 nitrogen and oxygen atoms in total. The van der Waals surface area contributed by atoms with Crippen LogP contribution in [0.1, 0.15) is 47.6 Å². The van der Waals surface area contributed by atoms with E-state index in [-0.39, 0.29) is 11.3 Å². The summed E-state index contributed by atoms with van der Waals surface area (Å²) in [6.07, 6.45) is 0.940. The molecule has 1 aliphatic heterocycles. The largest absolute Gasteiger partial charge is 0.309 e. The average molecular weight is 617 g/mol. The second kappa shape index (κ2) is 11.2. The quantitative estimate of drug-likeness (QED) is 0.177. The van der Waals surface area contributed by atoms with Gasteiger partial charge in [0.05, 0.1) is 22.4 Å². The molecule has 0 spiro atoms. The maximum atomic E-state index is 5.27. The second-order valence-electron chi connectivity index (χ2n) is 13.6. The summed E-state index contributed by atoms with van der Waals surface area (Å²) in [5.74, 6) is 0.231. The Morgan fingerprint density at radius 3 is 2.04 bits per heavy atom. The first-order valence-electron chi connectivity index (χ1n) is 16.9. The van der Waals surface area contributed by atoms with E-state index < -0.39 is 0 Å². The van der Waals surface area contributed by atoms with E-state index in [9.17, 15) is 0 Å². The zero-order valence-corrected chi connectivity index (χ0v) is 27.3. The molecule has 8 aromatic rings. The van der Waals surface area contributed by atoms with Crippen molar-refractivity contribution in [1.29, 1.82) is 0 Å². The molecular weight excluding hydrogens is 581 g/mol. The molecule has 1 aromatic heterocycles. The highest BCUT2D eigenvalue weighted by molar-refractivity contribution is 6.19. The van der Waals surface area contributed by atoms with Gasteiger partial charge in [-0.2, -0.15) is 0 Å². The monoisotopic (exact) mass is 616 g/mol. The van der Waals surface area contributed by atoms with Crippen LogP contribution in [-0.2, 0) is 11.8 Å². The van der Waals surface area contributed by atoms with Crippen molar-refractivity contribution in [2.45, 2.75) is 31.6 Å². The minimum Gasteiger partial charge on any atom is -0.309 e. The predicted molar refractivity (Wildman–Crippen MR) is 202 cm³/mol. The van der Waals surface area contributed by atoms with E-state index in [4.69, 9.17) is 4.99 Å². The van der Waals surface area contributed by atoms with Gasteiger partial charge in [0, 0.05) is 33.4 Å². The molecule has 0 N–H and O–H groups in total. The van der Waals surface area contributed by atoms with Gasteiger partial charge in [-0.15, -0.1) is 0 Å². The molecule has 0 radical (unpaired) electrons. The molecule has 48 heavy (non-hydrogen) atoms. The summed E-state index contributed by atoms with van der Waals surface area (Å²) in [6, 6.07) is 59.8. The number of hydrogen-bond acceptors (Lipinski definition) is 1. The lowest BCUT2D eigenvalue weighted by Gasteiger charge is -2.24. The number of fused-ring (bicyclic) bond motifs is 6. The molecule has 2 heterocycles. The molecule has 7 aromatic carbocycles. The van der Waals surface area contributed by atoms with Crippen LogP contribution >= 0.6 is 0 Å². The molecule has 2 heteroatoms. The van der Waals surface area contributed by atoms with Gasteiger partial charge >= 0.3 is 0 Å². The SMILES string of the molecule is CC1(C)C(c2ccccc2)=Nc2ccc3c4ccccc4n(-c4ccc([C@@H](Cc5ccccc5)c5ccc6ccccc6c5)cc4)c3c21. The molecule has 1 atom stereocenters. The number of aromatic nitrogens is 1. The Morgan fingerprint density at radius 2 is 1.25 bits per heavy atom. The van der Waals surface area contributed by atoms with Crippen molar-refractivity contribution in [1.82, 2.24) is 4.57 Å². The Kier molecular flexibility index (Phi) is 6.65. The summed E-state index contributed by atoms with van der Waals surface area (Å²) >= 11 is 0. The number of aliphatic imine (C=N–C) groups is 1. The first-order chi connectivity index (χ1) is 23.6. The molecule has 0 bridgehead atoms. The van der Waals surface area contributed by atoms with Gasteiger partial charge in [0.25, 0.3) is 0 Å². The molecule has 0 unspecified atom stereocenters. The predicted octanol–water partition coefficient (Wildman–Crippen LogP) is 11.7. The fourth-order valence-electron chi connectivity index (χ4n) is 7.98. The lowest BCUT2D eigenvalue weighted by molar-refractivity contribution is 0.741. The van der Waals surface area contributed by atoms with E-state index >= 15 is 0 Å². The fraction of sp³-hybridized carbons (Fsp3) is 0.109. The topological polar surface area (TPSA) is 17.3 Å². The zero-order chi connectivity index (χ0) is 32.2. The Bertz CT molecular complexity index is 2480. The fourth-order valence-corrected chi connectivity index (χ4v) is 7.98. The van der Waals surface area contributed by atoms with Crippen LogP contribution in [-0.4, -0.2) is 10.3 Å². The minimum atomic E-state index is -0.265. The maximum absolute atomic E-state index is 5.27. The molecule has 1 aliphatic rings. The first-order valence-corrected chi connectivity index (χ1v) is 16.9. The van der Waals surface area contributed by atoms with Crippen molar-refractivity contribution < 1.29 is 0 Å². The molecule has 0 saturated heterocycles. The van der Waals surface area contributed by atoms with E-state index in [0.29, 0.717) is 0 Å². The van der Waals surface area contributed by atoms with Gasteiger partial charge < -0.3 is 4.57 Å². The van der Waals surface area contributed by atoms with Crippen molar-refractivity contribution in [3.8, 4) is 5.69 Å². The van der Waals surface area contributed by atoms with Gasteiger partial charge in [-0.1, -0.05) is 140 Å². The van der Waals surface area contributed by atoms with E-state index in [0.717, 1.165) is 17.8 Å². The summed E-state index contributed by atoms with van der Waals surface area (Å²) in [4.78, 5) is 5.27. The third-order valence-electron chi connectivity index (χ3n) is 10.3. The van der Waals surface area contributed by atoms with Gasteiger partial charge in [0.15, 0.2) is 0 Å². The van der Waals surface area contributed by atoms with E-state index in [2.05, 4.69) is 182 Å². The third kappa shape index (κ3) is 4.59. The second-order valence-corrected chi connectivity index (χ2v) is 13.6. The van der Waals surface area contributed by atoms with Gasteiger partial charge in [-0.3, -0.25) is 4.99 Å². The Morgan fingerprint density at radius 1 is 0.583 bits per heavy atom. The smallest absolute Gasteiger partial charge is 0.0696 e. The van der Waals surface area contributed by atoms with E-state index in [1.807, 2.05) is 0 Å². The van der Waals surface area contributed by atoms with Crippen LogP contribution in [0.5, 0.6) is 0 Å². The van der Waals surface area contributed by atoms with Crippen molar-refractivity contribution in [2.75, 3.05) is 0 Å². The Hall–Kier alpha value is -5.73. The molecule has 0 fully saturated rings. The minimum absolute atomic E-state index is 0.231. The number of nitrogens with zero attached hydrogens (tertiary/aromatic N) is 2. The lowest BCUT2D eigenvalue weighted by Crippen LogP contribution is -2.27. The van der Waals surface area contributed by atoms with E-state index in [1.165, 1.54) is 66.1 Å². The molecule has 0 amide bonds. The Balaban J connectivity index is 1.20. The van der Waals surface area contributed by atoms with Crippen LogP contribution in [0.3, 0.4) is 0 Å². The van der Waals surface area contributed by atoms with Gasteiger partial charge in [-0.25, -0.2) is 0 Å². The van der Waals surface area contributed by atoms with Crippen LogP contribution in [0.4, 0.5) is 5.69 Å². The number of benzene rings is 7. The molecule has 230 valence electrons. The van der Waals surface area contributed by atoms with Crippen LogP contribution in [0.2, 0.25) is 0 Å². The van der Waals surface area contributed by atoms with Crippen LogP contribution in [0.25, 0.3) is 38.3 Å². The normalized spacial score (nSPS) is 14.3. The summed E-state index contributed by atoms with van der Waals surface area (Å²) < 4.78 is 2.47. The average Bonchev–Trinajstić information content (AvgIpc) is 3.62. The lowest BCUT2D eigenvalue weighted by atomic mass is 9.78. The van der Waals surface area contributed by atoms with Gasteiger partial charge in [0.2, 0.25) is 0 Å². The number of para-hydroxylation sites is 1. The highest BCUT2D eigenvalue weighted by atomic mass is 15.0. The highest BCUT2D eigenvalue weighted by Gasteiger charge is 2.39. The number of rotatable bonds is 6. The van der Waals surface area contributed by atoms with Crippen molar-refractivity contribution in [3.05, 3.63) is 192 Å². The van der Waals surface area contributed by atoms with Crippen LogP contribution in [0.15, 0.2) is 169 Å². The summed E-state index contributed by atoms with van der Waals surface area (Å²) in [6.45, 7) is 4.65. The zero-order valence-electron chi connectivity index (χ0n) is 27.3. The van der Waals surface area contributed by atoms with Crippen molar-refractivity contribution >= 4 is 44.0 Å². The van der Waals surface area contributed by atoms with Crippen molar-refractivity contribution in [3.63, 3.8) is 0 Å². The van der Waals surface area contributed by atoms with E-state index in [1.54, 1.807) is 0 Å². The third-order valence-corrected chi connectivity index (χ3v) is 10.3. The molecule has 0 aliphatic carbocycles. The number of hydrogen-bond donors (Lipinski definition) is 0. The molecule has 9 rings (SSSR count). The van der Waals surface area contributed by atoms with Crippen molar-refractivity contribution in [2.24, 2.45) is 4.99 Å². The highest BCUT2D eigenvalue weighted by Crippen LogP contribution is 2.48. The summed E-state index contributed by atoms with van der Waals surface area (Å²) in [5, 5.41) is 5.09.